The Morgan fingerprint density at radius 1 is 1.37 bits per heavy atom. The molecule has 2 aromatic carbocycles. The number of aliphatic imine (C=N–C) groups is 1. The third-order valence-corrected chi connectivity index (χ3v) is 3.74. The standard InChI is InChI=1S/C17H15N5O5/c1-27-16-7-12(22(25)26)6-11(17(16)24)8-18-9-13(23)10-21-15-5-3-2-4-14(15)19-20-21/h2-8,24H,9-10H2,1H3/p-1. The minimum atomic E-state index is -0.639. The number of carbonyl (C=O) groups excluding carboxylic acids is 1. The van der Waals surface area contributed by atoms with Crippen LogP contribution in [0.1, 0.15) is 5.56 Å². The molecule has 1 heterocycles. The van der Waals surface area contributed by atoms with Gasteiger partial charge in [-0.2, -0.15) is 0 Å². The maximum Gasteiger partial charge on any atom is 0.273 e. The van der Waals surface area contributed by atoms with Crippen LogP contribution in [0.4, 0.5) is 5.69 Å². The lowest BCUT2D eigenvalue weighted by Gasteiger charge is -2.14. The summed E-state index contributed by atoms with van der Waals surface area (Å²) in [6, 6.07) is 9.35. The lowest BCUT2D eigenvalue weighted by Crippen LogP contribution is -2.14. The molecule has 0 aliphatic heterocycles. The fraction of sp³-hybridized carbons (Fsp3) is 0.176. The van der Waals surface area contributed by atoms with E-state index in [1.165, 1.54) is 11.8 Å². The largest absolute Gasteiger partial charge is 0.870 e. The molecule has 0 unspecified atom stereocenters. The number of nitrogens with zero attached hydrogens (tertiary/aromatic N) is 5. The summed E-state index contributed by atoms with van der Waals surface area (Å²) < 4.78 is 6.31. The fourth-order valence-corrected chi connectivity index (χ4v) is 2.46. The van der Waals surface area contributed by atoms with E-state index < -0.39 is 10.7 Å². The van der Waals surface area contributed by atoms with Crippen molar-refractivity contribution < 1.29 is 19.6 Å². The van der Waals surface area contributed by atoms with Gasteiger partial charge in [0.25, 0.3) is 5.69 Å². The van der Waals surface area contributed by atoms with Crippen LogP contribution in [0, 0.1) is 10.1 Å². The number of hydrogen-bond donors (Lipinski definition) is 0. The van der Waals surface area contributed by atoms with E-state index in [-0.39, 0.29) is 35.9 Å². The summed E-state index contributed by atoms with van der Waals surface area (Å²) in [6.07, 6.45) is 1.13. The number of fused-ring (bicyclic) bond motifs is 1. The zero-order valence-electron chi connectivity index (χ0n) is 14.2. The van der Waals surface area contributed by atoms with Gasteiger partial charge >= 0.3 is 0 Å². The molecule has 10 heteroatoms. The highest BCUT2D eigenvalue weighted by Crippen LogP contribution is 2.31. The van der Waals surface area contributed by atoms with Crippen LogP contribution in [0.3, 0.4) is 0 Å². The van der Waals surface area contributed by atoms with Crippen molar-refractivity contribution in [2.45, 2.75) is 6.54 Å². The quantitative estimate of drug-likeness (QED) is 0.346. The maximum atomic E-state index is 12.1. The van der Waals surface area contributed by atoms with Crippen LogP contribution in [-0.4, -0.2) is 45.6 Å². The molecule has 0 spiro atoms. The third kappa shape index (κ3) is 3.89. The molecule has 0 radical (unpaired) electrons. The van der Waals surface area contributed by atoms with Crippen molar-refractivity contribution in [2.24, 2.45) is 4.99 Å². The Morgan fingerprint density at radius 3 is 2.89 bits per heavy atom. The lowest BCUT2D eigenvalue weighted by molar-refractivity contribution is -0.385. The molecule has 0 amide bonds. The number of methoxy groups -OCH3 is 1. The first-order valence-corrected chi connectivity index (χ1v) is 7.83. The minimum Gasteiger partial charge on any atom is -0.870 e. The molecule has 3 rings (SSSR count). The molecule has 0 saturated carbocycles. The van der Waals surface area contributed by atoms with Gasteiger partial charge in [-0.1, -0.05) is 23.1 Å². The van der Waals surface area contributed by atoms with E-state index in [9.17, 15) is 20.0 Å². The number of nitro benzene ring substituents is 1. The van der Waals surface area contributed by atoms with Crippen LogP contribution in [0.2, 0.25) is 0 Å². The van der Waals surface area contributed by atoms with Crippen LogP contribution in [-0.2, 0) is 11.3 Å². The molecule has 0 atom stereocenters. The first-order chi connectivity index (χ1) is 13.0. The average molecular weight is 368 g/mol. The maximum absolute atomic E-state index is 12.1. The van der Waals surface area contributed by atoms with Crippen LogP contribution in [0.25, 0.3) is 11.0 Å². The number of rotatable bonds is 7. The molecule has 0 N–H and O–H groups in total. The molecule has 10 nitrogen and oxygen atoms in total. The smallest absolute Gasteiger partial charge is 0.273 e. The minimum absolute atomic E-state index is 0.0274. The second-order valence-electron chi connectivity index (χ2n) is 5.57. The van der Waals surface area contributed by atoms with Crippen LogP contribution >= 0.6 is 0 Å². The van der Waals surface area contributed by atoms with Gasteiger partial charge in [-0.25, -0.2) is 4.68 Å². The number of carbonyl (C=O) groups is 1. The van der Waals surface area contributed by atoms with Gasteiger partial charge in [-0.15, -0.1) is 5.10 Å². The van der Waals surface area contributed by atoms with Gasteiger partial charge in [0.2, 0.25) is 0 Å². The number of benzene rings is 2. The number of ketones is 1. The highest BCUT2D eigenvalue weighted by molar-refractivity contribution is 5.89. The van der Waals surface area contributed by atoms with Crippen molar-refractivity contribution in [3.8, 4) is 11.5 Å². The molecule has 27 heavy (non-hydrogen) atoms. The van der Waals surface area contributed by atoms with Crippen molar-refractivity contribution in [3.05, 3.63) is 52.1 Å². The van der Waals surface area contributed by atoms with Gasteiger partial charge in [0, 0.05) is 12.3 Å². The summed E-state index contributed by atoms with van der Waals surface area (Å²) in [4.78, 5) is 26.3. The zero-order chi connectivity index (χ0) is 19.4. The number of non-ortho nitro benzene ring substituents is 1. The molecule has 1 aromatic heterocycles. The Morgan fingerprint density at radius 2 is 2.15 bits per heavy atom. The van der Waals surface area contributed by atoms with Crippen molar-refractivity contribution in [3.63, 3.8) is 0 Å². The summed E-state index contributed by atoms with van der Waals surface area (Å²) in [5.41, 5.74) is 1.07. The zero-order valence-corrected chi connectivity index (χ0v) is 14.2. The highest BCUT2D eigenvalue weighted by Gasteiger charge is 2.12. The summed E-state index contributed by atoms with van der Waals surface area (Å²) in [6.45, 7) is -0.237. The van der Waals surface area contributed by atoms with Crippen molar-refractivity contribution in [2.75, 3.05) is 13.7 Å². The summed E-state index contributed by atoms with van der Waals surface area (Å²) in [5, 5.41) is 30.9. The van der Waals surface area contributed by atoms with Gasteiger partial charge < -0.3 is 9.84 Å². The molecule has 0 bridgehead atoms. The van der Waals surface area contributed by atoms with E-state index >= 15 is 0 Å². The number of nitro groups is 1. The lowest BCUT2D eigenvalue weighted by atomic mass is 10.1. The topological polar surface area (TPSA) is 136 Å². The molecule has 0 saturated heterocycles. The van der Waals surface area contributed by atoms with Crippen LogP contribution in [0.15, 0.2) is 41.4 Å². The van der Waals surface area contributed by atoms with E-state index in [2.05, 4.69) is 15.3 Å². The first-order valence-electron chi connectivity index (χ1n) is 7.83. The van der Waals surface area contributed by atoms with Gasteiger partial charge in [0.1, 0.15) is 17.8 Å². The van der Waals surface area contributed by atoms with Gasteiger partial charge in [0.15, 0.2) is 5.78 Å². The summed E-state index contributed by atoms with van der Waals surface area (Å²) in [5.74, 6) is -0.959. The van der Waals surface area contributed by atoms with E-state index in [0.717, 1.165) is 23.9 Å². The van der Waals surface area contributed by atoms with Crippen molar-refractivity contribution in [1.29, 1.82) is 0 Å². The number of ether oxygens (including phenoxy) is 1. The number of hydrogen-bond acceptors (Lipinski definition) is 8. The van der Waals surface area contributed by atoms with Crippen LogP contribution in [0.5, 0.6) is 11.5 Å². The predicted molar refractivity (Wildman–Crippen MR) is 94.1 cm³/mol. The van der Waals surface area contributed by atoms with Gasteiger partial charge in [-0.3, -0.25) is 19.9 Å². The molecule has 3 aromatic rings. The van der Waals surface area contributed by atoms with Crippen LogP contribution < -0.4 is 9.84 Å². The van der Waals surface area contributed by atoms with Crippen molar-refractivity contribution >= 4 is 28.7 Å². The van der Waals surface area contributed by atoms with E-state index in [1.807, 2.05) is 12.1 Å². The molecular weight excluding hydrogens is 354 g/mol. The molecule has 138 valence electrons. The highest BCUT2D eigenvalue weighted by atomic mass is 16.6. The second kappa shape index (κ2) is 7.60. The van der Waals surface area contributed by atoms with E-state index in [0.29, 0.717) is 5.52 Å². The Balaban J connectivity index is 1.72. The fourth-order valence-electron chi connectivity index (χ4n) is 2.46. The van der Waals surface area contributed by atoms with Gasteiger partial charge in [-0.05, 0) is 17.7 Å². The normalized spacial score (nSPS) is 11.1. The van der Waals surface area contributed by atoms with Crippen molar-refractivity contribution in [1.82, 2.24) is 15.0 Å². The Hall–Kier alpha value is -3.82. The summed E-state index contributed by atoms with van der Waals surface area (Å²) >= 11 is 0. The average Bonchev–Trinajstić information content (AvgIpc) is 3.06. The second-order valence-corrected chi connectivity index (χ2v) is 5.57. The van der Waals surface area contributed by atoms with Gasteiger partial charge in [0.05, 0.1) is 30.2 Å². The van der Waals surface area contributed by atoms with E-state index in [4.69, 9.17) is 4.74 Å². The molecule has 0 aliphatic carbocycles. The molecule has 0 aliphatic rings. The summed E-state index contributed by atoms with van der Waals surface area (Å²) in [7, 11) is 1.24. The van der Waals surface area contributed by atoms with E-state index in [1.54, 1.807) is 12.1 Å². The number of aromatic nitrogens is 3. The predicted octanol–water partition coefficient (Wildman–Crippen LogP) is 1.11. The first kappa shape index (κ1) is 18.0. The molecular formula is C17H14N5O5-. The monoisotopic (exact) mass is 368 g/mol. The molecule has 0 fully saturated rings. The Kier molecular flexibility index (Phi) is 5.06. The Bertz CT molecular complexity index is 1040. The Labute approximate surface area is 152 Å². The SMILES string of the molecule is COc1cc([N+](=O)[O-])cc(C=NCC(=O)Cn2nnc3ccccc32)c1[O-]. The third-order valence-electron chi connectivity index (χ3n) is 3.74. The number of para-hydroxylation sites is 1. The number of Topliss-reactive ketones (excluding diaryl/α,β-unsaturated/α-hetero) is 1.